The molecule has 1 aromatic heterocycles. The summed E-state index contributed by atoms with van der Waals surface area (Å²) in [6, 6.07) is 3.83. The Morgan fingerprint density at radius 1 is 1.47 bits per heavy atom. The summed E-state index contributed by atoms with van der Waals surface area (Å²) in [5, 5.41) is 17.4. The van der Waals surface area contributed by atoms with Gasteiger partial charge in [0.15, 0.2) is 6.10 Å². The number of aliphatic hydroxyl groups excluding tert-OH is 1. The highest BCUT2D eigenvalue weighted by atomic mass is 32.2. The molecule has 1 rings (SSSR count). The third-order valence-electron chi connectivity index (χ3n) is 1.84. The van der Waals surface area contributed by atoms with Crippen LogP contribution < -0.4 is 0 Å². The summed E-state index contributed by atoms with van der Waals surface area (Å²) in [6.07, 6.45) is 2.49. The highest BCUT2D eigenvalue weighted by molar-refractivity contribution is 7.98. The van der Waals surface area contributed by atoms with Crippen molar-refractivity contribution in [1.82, 2.24) is 4.98 Å². The Hall–Kier alpha value is -1.07. The van der Waals surface area contributed by atoms with Gasteiger partial charge in [0.05, 0.1) is 0 Å². The minimum atomic E-state index is -1.24. The van der Waals surface area contributed by atoms with Crippen molar-refractivity contribution in [3.8, 4) is 0 Å². The van der Waals surface area contributed by atoms with E-state index in [4.69, 9.17) is 10.2 Å². The molecule has 0 amide bonds. The van der Waals surface area contributed by atoms with Gasteiger partial charge in [-0.15, -0.1) is 0 Å². The third kappa shape index (κ3) is 4.80. The van der Waals surface area contributed by atoms with E-state index in [1.165, 1.54) is 0 Å². The predicted octanol–water partition coefficient (Wildman–Crippen LogP) is 1.15. The van der Waals surface area contributed by atoms with Crippen LogP contribution in [0.4, 0.5) is 0 Å². The lowest BCUT2D eigenvalue weighted by Gasteiger charge is -2.04. The van der Waals surface area contributed by atoms with Crippen molar-refractivity contribution in [1.29, 1.82) is 0 Å². The van der Waals surface area contributed by atoms with Crippen molar-refractivity contribution >= 4 is 17.7 Å². The lowest BCUT2D eigenvalue weighted by atomic mass is 10.3. The van der Waals surface area contributed by atoms with E-state index in [2.05, 4.69) is 4.98 Å². The van der Waals surface area contributed by atoms with Crippen LogP contribution in [0.3, 0.4) is 0 Å². The predicted molar refractivity (Wildman–Crippen MR) is 58.7 cm³/mol. The van der Waals surface area contributed by atoms with E-state index in [9.17, 15) is 4.79 Å². The highest BCUT2D eigenvalue weighted by Crippen LogP contribution is 2.12. The average molecular weight is 227 g/mol. The minimum Gasteiger partial charge on any atom is -0.479 e. The summed E-state index contributed by atoms with van der Waals surface area (Å²) < 4.78 is 0. The monoisotopic (exact) mass is 227 g/mol. The standard InChI is InChI=1S/C10H13NO3S/c12-9(10(13)14)3-6-15-7-8-1-4-11-5-2-8/h1-2,4-5,9,12H,3,6-7H2,(H,13,14). The summed E-state index contributed by atoms with van der Waals surface area (Å²) in [5.41, 5.74) is 1.15. The number of nitrogens with zero attached hydrogens (tertiary/aromatic N) is 1. The topological polar surface area (TPSA) is 70.4 Å². The van der Waals surface area contributed by atoms with E-state index in [0.717, 1.165) is 11.3 Å². The van der Waals surface area contributed by atoms with E-state index < -0.39 is 12.1 Å². The Kier molecular flexibility index (Phi) is 5.14. The quantitative estimate of drug-likeness (QED) is 0.713. The Balaban J connectivity index is 2.15. The van der Waals surface area contributed by atoms with Gasteiger partial charge >= 0.3 is 5.97 Å². The van der Waals surface area contributed by atoms with Gasteiger partial charge in [-0.3, -0.25) is 4.98 Å². The number of aromatic nitrogens is 1. The number of rotatable bonds is 6. The summed E-state index contributed by atoms with van der Waals surface area (Å²) in [5.74, 6) is 0.296. The van der Waals surface area contributed by atoms with Gasteiger partial charge in [0.25, 0.3) is 0 Å². The van der Waals surface area contributed by atoms with Gasteiger partial charge in [0, 0.05) is 18.1 Å². The van der Waals surface area contributed by atoms with Crippen molar-refractivity contribution in [3.05, 3.63) is 30.1 Å². The lowest BCUT2D eigenvalue weighted by molar-refractivity contribution is -0.146. The largest absolute Gasteiger partial charge is 0.479 e. The molecule has 0 fully saturated rings. The molecule has 82 valence electrons. The molecule has 0 saturated heterocycles. The van der Waals surface area contributed by atoms with Gasteiger partial charge < -0.3 is 10.2 Å². The van der Waals surface area contributed by atoms with E-state index >= 15 is 0 Å². The van der Waals surface area contributed by atoms with Crippen molar-refractivity contribution in [3.63, 3.8) is 0 Å². The molecule has 0 bridgehead atoms. The van der Waals surface area contributed by atoms with E-state index in [0.29, 0.717) is 5.75 Å². The maximum atomic E-state index is 10.3. The molecule has 1 heterocycles. The van der Waals surface area contributed by atoms with Crippen LogP contribution in [0, 0.1) is 0 Å². The van der Waals surface area contributed by atoms with E-state index in [1.807, 2.05) is 12.1 Å². The van der Waals surface area contributed by atoms with Gasteiger partial charge in [-0.2, -0.15) is 11.8 Å². The van der Waals surface area contributed by atoms with Gasteiger partial charge in [-0.1, -0.05) is 0 Å². The molecule has 0 spiro atoms. The zero-order valence-electron chi connectivity index (χ0n) is 8.17. The molecule has 0 aliphatic rings. The number of thioether (sulfide) groups is 1. The number of carboxylic acids is 1. The van der Waals surface area contributed by atoms with Crippen molar-refractivity contribution in [2.75, 3.05) is 5.75 Å². The number of carbonyl (C=O) groups is 1. The fourth-order valence-electron chi connectivity index (χ4n) is 0.987. The molecule has 0 aliphatic heterocycles. The zero-order valence-corrected chi connectivity index (χ0v) is 8.98. The molecule has 1 aromatic rings. The number of aliphatic carboxylic acids is 1. The molecule has 4 nitrogen and oxygen atoms in total. The maximum absolute atomic E-state index is 10.3. The fraction of sp³-hybridized carbons (Fsp3) is 0.400. The molecule has 0 aliphatic carbocycles. The molecule has 1 unspecified atom stereocenters. The van der Waals surface area contributed by atoms with Crippen molar-refractivity contribution in [2.24, 2.45) is 0 Å². The van der Waals surface area contributed by atoms with Gasteiger partial charge in [-0.25, -0.2) is 4.79 Å². The van der Waals surface area contributed by atoms with Crippen LogP contribution in [-0.2, 0) is 10.5 Å². The summed E-state index contributed by atoms with van der Waals surface area (Å²) in [7, 11) is 0. The Bertz CT molecular complexity index is 305. The van der Waals surface area contributed by atoms with Crippen LogP contribution in [-0.4, -0.2) is 33.0 Å². The molecular formula is C10H13NO3S. The lowest BCUT2D eigenvalue weighted by Crippen LogP contribution is -2.19. The summed E-state index contributed by atoms with van der Waals surface area (Å²) in [4.78, 5) is 14.2. The second kappa shape index (κ2) is 6.42. The molecule has 0 saturated carbocycles. The van der Waals surface area contributed by atoms with Crippen LogP contribution in [0.25, 0.3) is 0 Å². The number of pyridine rings is 1. The molecular weight excluding hydrogens is 214 g/mol. The Morgan fingerprint density at radius 2 is 2.13 bits per heavy atom. The first-order valence-electron chi connectivity index (χ1n) is 4.57. The van der Waals surface area contributed by atoms with Crippen molar-refractivity contribution < 1.29 is 15.0 Å². The van der Waals surface area contributed by atoms with Gasteiger partial charge in [-0.05, 0) is 29.9 Å². The first kappa shape index (κ1) is 12.0. The number of hydrogen-bond donors (Lipinski definition) is 2. The highest BCUT2D eigenvalue weighted by Gasteiger charge is 2.11. The van der Waals surface area contributed by atoms with Crippen LogP contribution in [0.1, 0.15) is 12.0 Å². The first-order valence-corrected chi connectivity index (χ1v) is 5.73. The van der Waals surface area contributed by atoms with E-state index in [-0.39, 0.29) is 6.42 Å². The Morgan fingerprint density at radius 3 is 2.73 bits per heavy atom. The second-order valence-electron chi connectivity index (χ2n) is 3.05. The number of hydrogen-bond acceptors (Lipinski definition) is 4. The van der Waals surface area contributed by atoms with Gasteiger partial charge in [0.2, 0.25) is 0 Å². The average Bonchev–Trinajstić information content (AvgIpc) is 2.25. The molecule has 1 atom stereocenters. The fourth-order valence-corrected chi connectivity index (χ4v) is 1.95. The SMILES string of the molecule is O=C(O)C(O)CCSCc1ccncc1. The zero-order chi connectivity index (χ0) is 11.1. The smallest absolute Gasteiger partial charge is 0.332 e. The molecule has 0 aromatic carbocycles. The Labute approximate surface area is 92.3 Å². The number of aliphatic hydroxyl groups is 1. The molecule has 2 N–H and O–H groups in total. The van der Waals surface area contributed by atoms with Crippen LogP contribution in [0.2, 0.25) is 0 Å². The third-order valence-corrected chi connectivity index (χ3v) is 2.90. The molecule has 15 heavy (non-hydrogen) atoms. The van der Waals surface area contributed by atoms with Crippen LogP contribution in [0.15, 0.2) is 24.5 Å². The summed E-state index contributed by atoms with van der Waals surface area (Å²) >= 11 is 1.60. The summed E-state index contributed by atoms with van der Waals surface area (Å²) in [6.45, 7) is 0. The normalized spacial score (nSPS) is 12.3. The molecule has 5 heteroatoms. The van der Waals surface area contributed by atoms with Crippen molar-refractivity contribution in [2.45, 2.75) is 18.3 Å². The maximum Gasteiger partial charge on any atom is 0.332 e. The van der Waals surface area contributed by atoms with Gasteiger partial charge in [0.1, 0.15) is 0 Å². The van der Waals surface area contributed by atoms with Crippen LogP contribution >= 0.6 is 11.8 Å². The second-order valence-corrected chi connectivity index (χ2v) is 4.16. The minimum absolute atomic E-state index is 0.283. The first-order chi connectivity index (χ1) is 7.20. The molecule has 0 radical (unpaired) electrons. The van der Waals surface area contributed by atoms with E-state index in [1.54, 1.807) is 24.2 Å². The number of carboxylic acid groups (broad SMARTS) is 1. The van der Waals surface area contributed by atoms with Crippen LogP contribution in [0.5, 0.6) is 0 Å².